The maximum absolute atomic E-state index is 13.3. The van der Waals surface area contributed by atoms with E-state index >= 15 is 0 Å². The van der Waals surface area contributed by atoms with Crippen LogP contribution in [0.1, 0.15) is 69.8 Å². The Labute approximate surface area is 221 Å². The fraction of sp³-hybridized carbons (Fsp3) is 0.679. The van der Waals surface area contributed by atoms with Crippen molar-refractivity contribution in [2.45, 2.75) is 84.5 Å². The molecule has 2 heterocycles. The van der Waals surface area contributed by atoms with Crippen LogP contribution in [-0.2, 0) is 16.0 Å². The van der Waals surface area contributed by atoms with Gasteiger partial charge in [0, 0.05) is 50.4 Å². The minimum absolute atomic E-state index is 0.0149. The van der Waals surface area contributed by atoms with Gasteiger partial charge in [-0.2, -0.15) is 0 Å². The van der Waals surface area contributed by atoms with Crippen LogP contribution in [0.4, 0.5) is 5.69 Å². The molecule has 1 fully saturated rings. The largest absolute Gasteiger partial charge is 0.390 e. The van der Waals surface area contributed by atoms with Crippen LogP contribution in [0.15, 0.2) is 18.2 Å². The number of anilines is 1. The molecule has 2 aliphatic heterocycles. The number of aliphatic hydroxyl groups is 1. The second-order valence-electron chi connectivity index (χ2n) is 11.5. The summed E-state index contributed by atoms with van der Waals surface area (Å²) in [6, 6.07) is 4.47. The highest BCUT2D eigenvalue weighted by Crippen LogP contribution is 2.23. The van der Waals surface area contributed by atoms with E-state index in [1.165, 1.54) is 6.92 Å². The summed E-state index contributed by atoms with van der Waals surface area (Å²) < 4.78 is 0. The van der Waals surface area contributed by atoms with Crippen LogP contribution >= 0.6 is 0 Å². The van der Waals surface area contributed by atoms with Crippen LogP contribution in [0, 0.1) is 11.8 Å². The number of carbonyl (C=O) groups excluding carboxylic acids is 3. The van der Waals surface area contributed by atoms with Crippen molar-refractivity contribution in [3.05, 3.63) is 29.3 Å². The lowest BCUT2D eigenvalue weighted by molar-refractivity contribution is -0.124. The first-order valence-electron chi connectivity index (χ1n) is 13.7. The van der Waals surface area contributed by atoms with Gasteiger partial charge >= 0.3 is 0 Å². The minimum atomic E-state index is -0.718. The van der Waals surface area contributed by atoms with Gasteiger partial charge in [-0.3, -0.25) is 19.3 Å². The van der Waals surface area contributed by atoms with Crippen LogP contribution in [0.25, 0.3) is 0 Å². The molecule has 9 nitrogen and oxygen atoms in total. The van der Waals surface area contributed by atoms with Crippen molar-refractivity contribution < 1.29 is 19.5 Å². The normalized spacial score (nSPS) is 21.2. The van der Waals surface area contributed by atoms with Crippen molar-refractivity contribution in [2.75, 3.05) is 31.5 Å². The second kappa shape index (κ2) is 13.2. The summed E-state index contributed by atoms with van der Waals surface area (Å²) in [5.74, 6) is -0.00429. The van der Waals surface area contributed by atoms with Crippen molar-refractivity contribution in [3.63, 3.8) is 0 Å². The van der Waals surface area contributed by atoms with Crippen molar-refractivity contribution >= 4 is 23.4 Å². The Morgan fingerprint density at radius 1 is 1.08 bits per heavy atom. The molecule has 1 aromatic rings. The molecule has 9 heteroatoms. The number of fused-ring (bicyclic) bond motifs is 1. The molecule has 37 heavy (non-hydrogen) atoms. The van der Waals surface area contributed by atoms with Crippen molar-refractivity contribution in [1.29, 1.82) is 0 Å². The number of nitrogens with zero attached hydrogens (tertiary/aromatic N) is 1. The Bertz CT molecular complexity index is 951. The topological polar surface area (TPSA) is 123 Å². The number of carbonyl (C=O) groups is 3. The molecule has 5 N–H and O–H groups in total. The first-order valence-corrected chi connectivity index (χ1v) is 13.7. The molecular formula is C28H45N5O4. The standard InChI is InChI=1S/C28H45N5O4/c1-17(2)11-22(30-19(5)34)14-33-15-25(26(35)16-33)32-28(37)24(12-18(3)4)31-27(36)21-8-9-23-20(13-21)7-6-10-29-23/h8-9,13,17-18,22,24-26,29,35H,6-7,10-12,14-16H2,1-5H3,(H,30,34)(H,31,36)(H,32,37)/t22-,24-,25?,26?/m0/s1. The molecule has 0 saturated carbocycles. The number of amides is 3. The highest BCUT2D eigenvalue weighted by Gasteiger charge is 2.35. The Morgan fingerprint density at radius 2 is 1.81 bits per heavy atom. The Balaban J connectivity index is 1.61. The summed E-state index contributed by atoms with van der Waals surface area (Å²) in [6.45, 7) is 12.2. The minimum Gasteiger partial charge on any atom is -0.390 e. The predicted molar refractivity (Wildman–Crippen MR) is 145 cm³/mol. The smallest absolute Gasteiger partial charge is 0.251 e. The van der Waals surface area contributed by atoms with Crippen LogP contribution in [0.2, 0.25) is 0 Å². The molecule has 0 spiro atoms. The number of aliphatic hydroxyl groups excluding tert-OH is 1. The third kappa shape index (κ3) is 8.71. The molecule has 1 aromatic carbocycles. The maximum atomic E-state index is 13.3. The predicted octanol–water partition coefficient (Wildman–Crippen LogP) is 1.90. The van der Waals surface area contributed by atoms with Gasteiger partial charge < -0.3 is 26.4 Å². The van der Waals surface area contributed by atoms with Gasteiger partial charge in [0.15, 0.2) is 0 Å². The highest BCUT2D eigenvalue weighted by atomic mass is 16.3. The van der Waals surface area contributed by atoms with Crippen molar-refractivity contribution in [2.24, 2.45) is 11.8 Å². The summed E-state index contributed by atoms with van der Waals surface area (Å²) in [4.78, 5) is 40.1. The molecule has 0 bridgehead atoms. The maximum Gasteiger partial charge on any atom is 0.251 e. The summed E-state index contributed by atoms with van der Waals surface area (Å²) in [5, 5.41) is 23.0. The Kier molecular flexibility index (Phi) is 10.3. The number of benzene rings is 1. The molecule has 3 rings (SSSR count). The van der Waals surface area contributed by atoms with Crippen LogP contribution in [0.5, 0.6) is 0 Å². The number of hydrogen-bond donors (Lipinski definition) is 5. The zero-order chi connectivity index (χ0) is 27.1. The van der Waals surface area contributed by atoms with E-state index in [9.17, 15) is 19.5 Å². The number of rotatable bonds is 11. The number of β-amino-alcohol motifs (C(OH)–C–C–N with tert-alkyl or cyclic N) is 1. The first-order chi connectivity index (χ1) is 17.5. The first kappa shape index (κ1) is 28.9. The van der Waals surface area contributed by atoms with Gasteiger partial charge in [0.05, 0.1) is 12.1 Å². The van der Waals surface area contributed by atoms with E-state index in [4.69, 9.17) is 0 Å². The molecular weight excluding hydrogens is 470 g/mol. The highest BCUT2D eigenvalue weighted by molar-refractivity contribution is 5.98. The van der Waals surface area contributed by atoms with E-state index in [-0.39, 0.29) is 29.7 Å². The van der Waals surface area contributed by atoms with Crippen LogP contribution in [0.3, 0.4) is 0 Å². The van der Waals surface area contributed by atoms with Crippen molar-refractivity contribution in [1.82, 2.24) is 20.9 Å². The molecule has 0 aliphatic carbocycles. The SMILES string of the molecule is CC(=O)N[C@@H](CC(C)C)CN1CC(O)C(NC(=O)[C@H](CC(C)C)NC(=O)c2ccc3c(c2)CCCN3)C1. The lowest BCUT2D eigenvalue weighted by Crippen LogP contribution is -2.53. The third-order valence-electron chi connectivity index (χ3n) is 6.97. The van der Waals surface area contributed by atoms with Crippen LogP contribution < -0.4 is 21.3 Å². The summed E-state index contributed by atoms with van der Waals surface area (Å²) in [6.07, 6.45) is 2.57. The molecule has 3 amide bonds. The van der Waals surface area contributed by atoms with Gasteiger partial charge in [-0.1, -0.05) is 27.7 Å². The fourth-order valence-electron chi connectivity index (χ4n) is 5.35. The average Bonchev–Trinajstić information content (AvgIpc) is 3.15. The van der Waals surface area contributed by atoms with Gasteiger partial charge in [-0.15, -0.1) is 0 Å². The number of aryl methyl sites for hydroxylation is 1. The quantitative estimate of drug-likeness (QED) is 0.307. The summed E-state index contributed by atoms with van der Waals surface area (Å²) in [7, 11) is 0. The molecule has 1 saturated heterocycles. The molecule has 4 atom stereocenters. The molecule has 0 radical (unpaired) electrons. The Morgan fingerprint density at radius 3 is 2.49 bits per heavy atom. The van der Waals surface area contributed by atoms with Gasteiger partial charge in [0.1, 0.15) is 6.04 Å². The number of hydrogen-bond acceptors (Lipinski definition) is 6. The van der Waals surface area contributed by atoms with Crippen LogP contribution in [-0.4, -0.2) is 78.1 Å². The van der Waals surface area contributed by atoms with E-state index in [1.807, 2.05) is 26.0 Å². The third-order valence-corrected chi connectivity index (χ3v) is 6.97. The second-order valence-corrected chi connectivity index (χ2v) is 11.5. The number of nitrogens with one attached hydrogen (secondary N) is 4. The van der Waals surface area contributed by atoms with Crippen molar-refractivity contribution in [3.8, 4) is 0 Å². The molecule has 2 unspecified atom stereocenters. The van der Waals surface area contributed by atoms with Gasteiger partial charge in [-0.25, -0.2) is 0 Å². The van der Waals surface area contributed by atoms with E-state index in [0.29, 0.717) is 37.5 Å². The lowest BCUT2D eigenvalue weighted by atomic mass is 9.99. The number of likely N-dealkylation sites (tertiary alicyclic amines) is 1. The molecule has 206 valence electrons. The zero-order valence-corrected chi connectivity index (χ0v) is 23.0. The van der Waals surface area contributed by atoms with Gasteiger partial charge in [0.25, 0.3) is 5.91 Å². The van der Waals surface area contributed by atoms with E-state index in [2.05, 4.69) is 40.0 Å². The summed E-state index contributed by atoms with van der Waals surface area (Å²) in [5.41, 5.74) is 2.73. The zero-order valence-electron chi connectivity index (χ0n) is 23.0. The van der Waals surface area contributed by atoms with Gasteiger partial charge in [0.2, 0.25) is 11.8 Å². The van der Waals surface area contributed by atoms with E-state index in [0.717, 1.165) is 37.1 Å². The lowest BCUT2D eigenvalue weighted by Gasteiger charge is -2.26. The molecule has 2 aliphatic rings. The summed E-state index contributed by atoms with van der Waals surface area (Å²) >= 11 is 0. The Hall–Kier alpha value is -2.65. The fourth-order valence-corrected chi connectivity index (χ4v) is 5.35. The monoisotopic (exact) mass is 515 g/mol. The molecule has 0 aromatic heterocycles. The van der Waals surface area contributed by atoms with Gasteiger partial charge in [-0.05, 0) is 61.3 Å². The van der Waals surface area contributed by atoms with E-state index in [1.54, 1.807) is 6.07 Å². The average molecular weight is 516 g/mol. The van der Waals surface area contributed by atoms with E-state index < -0.39 is 18.2 Å².